The van der Waals surface area contributed by atoms with Crippen LogP contribution in [0.25, 0.3) is 0 Å². The van der Waals surface area contributed by atoms with Crippen molar-refractivity contribution in [1.82, 2.24) is 4.90 Å². The summed E-state index contributed by atoms with van der Waals surface area (Å²) in [5.41, 5.74) is 2.36. The zero-order chi connectivity index (χ0) is 14.1. The first kappa shape index (κ1) is 13.2. The molecular formula is C17H22N2O. The maximum absolute atomic E-state index is 11.4. The normalized spacial score (nSPS) is 26.8. The van der Waals surface area contributed by atoms with E-state index >= 15 is 0 Å². The van der Waals surface area contributed by atoms with E-state index in [4.69, 9.17) is 0 Å². The van der Waals surface area contributed by atoms with Gasteiger partial charge in [0, 0.05) is 38.2 Å². The second kappa shape index (κ2) is 5.31. The summed E-state index contributed by atoms with van der Waals surface area (Å²) in [5, 5.41) is 3.67. The molecule has 1 saturated carbocycles. The number of hydrogen-bond donors (Lipinski definition) is 1. The molecule has 0 saturated heterocycles. The van der Waals surface area contributed by atoms with Crippen LogP contribution in [0.15, 0.2) is 36.4 Å². The number of carbonyl (C=O) groups is 1. The first-order valence-electron chi connectivity index (χ1n) is 7.38. The molecule has 3 rings (SSSR count). The van der Waals surface area contributed by atoms with Crippen LogP contribution in [0.1, 0.15) is 25.3 Å². The van der Waals surface area contributed by atoms with Crippen molar-refractivity contribution in [3.8, 4) is 0 Å². The van der Waals surface area contributed by atoms with Gasteiger partial charge in [0.2, 0.25) is 5.91 Å². The van der Waals surface area contributed by atoms with Crippen LogP contribution in [-0.4, -0.2) is 23.9 Å². The van der Waals surface area contributed by atoms with E-state index in [1.807, 2.05) is 13.1 Å². The first-order valence-corrected chi connectivity index (χ1v) is 7.38. The highest BCUT2D eigenvalue weighted by Gasteiger charge is 2.41. The molecule has 3 atom stereocenters. The van der Waals surface area contributed by atoms with Crippen LogP contribution in [0.4, 0.5) is 5.69 Å². The fraction of sp³-hybridized carbons (Fsp3) is 0.471. The third kappa shape index (κ3) is 2.45. The molecule has 2 aliphatic carbocycles. The highest BCUT2D eigenvalue weighted by Crippen LogP contribution is 2.44. The highest BCUT2D eigenvalue weighted by molar-refractivity contribution is 5.73. The van der Waals surface area contributed by atoms with Gasteiger partial charge in [0.15, 0.2) is 0 Å². The van der Waals surface area contributed by atoms with E-state index in [0.717, 1.165) is 5.92 Å². The number of carbonyl (C=O) groups excluding carboxylic acids is 1. The van der Waals surface area contributed by atoms with Gasteiger partial charge in [-0.2, -0.15) is 0 Å². The molecule has 0 radical (unpaired) electrons. The van der Waals surface area contributed by atoms with Crippen LogP contribution in [0.2, 0.25) is 0 Å². The van der Waals surface area contributed by atoms with Gasteiger partial charge in [-0.05, 0) is 30.4 Å². The molecule has 3 heteroatoms. The zero-order valence-electron chi connectivity index (χ0n) is 12.2. The lowest BCUT2D eigenvalue weighted by atomic mass is 9.71. The average Bonchev–Trinajstić information content (AvgIpc) is 2.79. The van der Waals surface area contributed by atoms with E-state index < -0.39 is 0 Å². The first-order chi connectivity index (χ1) is 9.65. The minimum absolute atomic E-state index is 0.0993. The summed E-state index contributed by atoms with van der Waals surface area (Å²) in [7, 11) is 1.85. The molecule has 0 aromatic heterocycles. The van der Waals surface area contributed by atoms with Gasteiger partial charge in [-0.3, -0.25) is 4.79 Å². The smallest absolute Gasteiger partial charge is 0.219 e. The summed E-state index contributed by atoms with van der Waals surface area (Å²) in [6.07, 6.45) is 7.18. The van der Waals surface area contributed by atoms with E-state index in [-0.39, 0.29) is 5.91 Å². The summed E-state index contributed by atoms with van der Waals surface area (Å²) >= 11 is 0. The molecule has 106 valence electrons. The maximum Gasteiger partial charge on any atom is 0.219 e. The Morgan fingerprint density at radius 1 is 1.40 bits per heavy atom. The van der Waals surface area contributed by atoms with Gasteiger partial charge in [-0.15, -0.1) is 0 Å². The second-order valence-electron chi connectivity index (χ2n) is 6.02. The quantitative estimate of drug-likeness (QED) is 0.853. The number of nitrogens with zero attached hydrogens (tertiary/aromatic N) is 1. The van der Waals surface area contributed by atoms with Crippen LogP contribution in [0.3, 0.4) is 0 Å². The molecule has 1 amide bonds. The summed E-state index contributed by atoms with van der Waals surface area (Å²) < 4.78 is 0. The third-order valence-electron chi connectivity index (χ3n) is 4.67. The molecule has 20 heavy (non-hydrogen) atoms. The van der Waals surface area contributed by atoms with Gasteiger partial charge in [0.1, 0.15) is 0 Å². The van der Waals surface area contributed by atoms with Gasteiger partial charge in [-0.1, -0.05) is 30.4 Å². The van der Waals surface area contributed by atoms with Crippen molar-refractivity contribution in [2.75, 3.05) is 12.4 Å². The average molecular weight is 270 g/mol. The minimum Gasteiger partial charge on any atom is -0.381 e. The Kier molecular flexibility index (Phi) is 3.51. The lowest BCUT2D eigenvalue weighted by Gasteiger charge is -2.41. The van der Waals surface area contributed by atoms with Gasteiger partial charge in [-0.25, -0.2) is 0 Å². The highest BCUT2D eigenvalue weighted by atomic mass is 16.2. The zero-order valence-corrected chi connectivity index (χ0v) is 12.2. The fourth-order valence-corrected chi connectivity index (χ4v) is 3.25. The Morgan fingerprint density at radius 3 is 2.95 bits per heavy atom. The minimum atomic E-state index is 0.0993. The number of allylic oxidation sites excluding steroid dienone is 1. The molecule has 0 bridgehead atoms. The van der Waals surface area contributed by atoms with Gasteiger partial charge in [0.25, 0.3) is 0 Å². The number of hydrogen-bond acceptors (Lipinski definition) is 2. The number of nitrogens with one attached hydrogen (secondary N) is 1. The Balaban J connectivity index is 1.70. The summed E-state index contributed by atoms with van der Waals surface area (Å²) in [6, 6.07) is 8.87. The van der Waals surface area contributed by atoms with Gasteiger partial charge in [0.05, 0.1) is 0 Å². The van der Waals surface area contributed by atoms with Crippen molar-refractivity contribution < 1.29 is 4.79 Å². The Morgan fingerprint density at radius 2 is 2.20 bits per heavy atom. The molecule has 1 N–H and O–H groups in total. The monoisotopic (exact) mass is 270 g/mol. The van der Waals surface area contributed by atoms with Crippen LogP contribution in [0.5, 0.6) is 0 Å². The van der Waals surface area contributed by atoms with Crippen LogP contribution < -0.4 is 5.32 Å². The number of anilines is 1. The number of para-hydroxylation sites is 1. The van der Waals surface area contributed by atoms with E-state index in [2.05, 4.69) is 35.7 Å². The van der Waals surface area contributed by atoms with Gasteiger partial charge >= 0.3 is 0 Å². The standard InChI is InChI=1S/C17H22N2O/c1-12(20)19(2)11-14-6-3-4-9-16(14)18-17-10-13-7-5-8-15(13)17/h3-6,8-9,13,15,17-18H,7,10-11H2,1-2H3. The largest absolute Gasteiger partial charge is 0.381 e. The molecule has 0 aliphatic heterocycles. The molecule has 3 nitrogen and oxygen atoms in total. The number of amides is 1. The van der Waals surface area contributed by atoms with E-state index in [1.54, 1.807) is 11.8 Å². The summed E-state index contributed by atoms with van der Waals surface area (Å²) in [6.45, 7) is 2.27. The predicted molar refractivity (Wildman–Crippen MR) is 81.4 cm³/mol. The van der Waals surface area contributed by atoms with Crippen LogP contribution in [-0.2, 0) is 11.3 Å². The lowest BCUT2D eigenvalue weighted by Crippen LogP contribution is -2.43. The summed E-state index contributed by atoms with van der Waals surface area (Å²) in [5.74, 6) is 1.66. The number of benzene rings is 1. The second-order valence-corrected chi connectivity index (χ2v) is 6.02. The topological polar surface area (TPSA) is 32.3 Å². The van der Waals surface area contributed by atoms with Crippen molar-refractivity contribution in [2.45, 2.75) is 32.4 Å². The van der Waals surface area contributed by atoms with Crippen LogP contribution >= 0.6 is 0 Å². The Hall–Kier alpha value is -1.77. The molecular weight excluding hydrogens is 248 g/mol. The molecule has 0 spiro atoms. The lowest BCUT2D eigenvalue weighted by molar-refractivity contribution is -0.128. The SMILES string of the molecule is CC(=O)N(C)Cc1ccccc1NC1CC2CC=CC21. The Bertz CT molecular complexity index is 538. The van der Waals surface area contributed by atoms with Crippen molar-refractivity contribution in [3.63, 3.8) is 0 Å². The van der Waals surface area contributed by atoms with Crippen molar-refractivity contribution >= 4 is 11.6 Å². The molecule has 1 aromatic rings. The van der Waals surface area contributed by atoms with E-state index in [1.165, 1.54) is 24.1 Å². The summed E-state index contributed by atoms with van der Waals surface area (Å²) in [4.78, 5) is 13.1. The molecule has 0 heterocycles. The van der Waals surface area contributed by atoms with Crippen molar-refractivity contribution in [3.05, 3.63) is 42.0 Å². The van der Waals surface area contributed by atoms with Gasteiger partial charge < -0.3 is 10.2 Å². The Labute approximate surface area is 120 Å². The van der Waals surface area contributed by atoms with Crippen molar-refractivity contribution in [1.29, 1.82) is 0 Å². The molecule has 1 aromatic carbocycles. The predicted octanol–water partition coefficient (Wildman–Crippen LogP) is 3.04. The number of fused-ring (bicyclic) bond motifs is 1. The van der Waals surface area contributed by atoms with E-state index in [0.29, 0.717) is 18.5 Å². The third-order valence-corrected chi connectivity index (χ3v) is 4.67. The fourth-order valence-electron chi connectivity index (χ4n) is 3.25. The maximum atomic E-state index is 11.4. The number of rotatable bonds is 4. The van der Waals surface area contributed by atoms with Crippen LogP contribution in [0, 0.1) is 11.8 Å². The molecule has 2 aliphatic rings. The molecule has 3 unspecified atom stereocenters. The van der Waals surface area contributed by atoms with E-state index in [9.17, 15) is 4.79 Å². The molecule has 1 fully saturated rings. The van der Waals surface area contributed by atoms with Crippen molar-refractivity contribution in [2.24, 2.45) is 11.8 Å².